The summed E-state index contributed by atoms with van der Waals surface area (Å²) in [6, 6.07) is 4.66. The highest BCUT2D eigenvalue weighted by molar-refractivity contribution is 5.98. The number of primary amides is 1. The van der Waals surface area contributed by atoms with Gasteiger partial charge in [-0.2, -0.15) is 5.10 Å². The molecular weight excluding hydrogens is 401 g/mol. The lowest BCUT2D eigenvalue weighted by Crippen LogP contribution is -2.46. The van der Waals surface area contributed by atoms with Crippen LogP contribution in [0.5, 0.6) is 5.75 Å². The van der Waals surface area contributed by atoms with Crippen LogP contribution in [0.25, 0.3) is 17.0 Å². The molecule has 1 aliphatic carbocycles. The number of fused-ring (bicyclic) bond motifs is 1. The smallest absolute Gasteiger partial charge is 0.252 e. The number of hydrogen-bond donors (Lipinski definition) is 3. The molecule has 162 valence electrons. The molecule has 31 heavy (non-hydrogen) atoms. The van der Waals surface area contributed by atoms with E-state index in [1.165, 1.54) is 0 Å². The third-order valence-corrected chi connectivity index (χ3v) is 5.81. The van der Waals surface area contributed by atoms with E-state index < -0.39 is 18.1 Å². The van der Waals surface area contributed by atoms with Crippen LogP contribution < -0.4 is 21.1 Å². The van der Waals surface area contributed by atoms with Gasteiger partial charge in [-0.3, -0.25) is 4.79 Å². The molecule has 10 heteroatoms. The van der Waals surface area contributed by atoms with Crippen LogP contribution in [0, 0.1) is 0 Å². The molecule has 0 unspecified atom stereocenters. The average Bonchev–Trinajstić information content (AvgIpc) is 3.53. The van der Waals surface area contributed by atoms with Crippen molar-refractivity contribution < 1.29 is 13.9 Å². The number of piperidine rings is 1. The Bertz CT molecular complexity index is 1140. The number of rotatable bonds is 6. The van der Waals surface area contributed by atoms with Gasteiger partial charge in [0.15, 0.2) is 5.65 Å². The maximum atomic E-state index is 14.4. The fraction of sp³-hybridized carbons (Fsp3) is 0.429. The van der Waals surface area contributed by atoms with Crippen LogP contribution in [0.15, 0.2) is 24.4 Å². The van der Waals surface area contributed by atoms with Crippen molar-refractivity contribution in [1.82, 2.24) is 24.9 Å². The lowest BCUT2D eigenvalue weighted by molar-refractivity contribution is 0.100. The molecule has 9 nitrogen and oxygen atoms in total. The van der Waals surface area contributed by atoms with Crippen molar-refractivity contribution in [2.24, 2.45) is 5.73 Å². The van der Waals surface area contributed by atoms with Gasteiger partial charge in [0.05, 0.1) is 30.6 Å². The lowest BCUT2D eigenvalue weighted by atomic mass is 10.0. The molecule has 1 aliphatic heterocycles. The molecule has 1 saturated carbocycles. The highest BCUT2D eigenvalue weighted by Crippen LogP contribution is 2.43. The van der Waals surface area contributed by atoms with Gasteiger partial charge < -0.3 is 21.1 Å². The SMILES string of the molecule is COc1cc2ncc(-c3ccc(C(N)=O)c(N[C@@H]4CNCC[C@H]4F)n3)n2nc1C1CC1. The Kier molecular flexibility index (Phi) is 4.93. The van der Waals surface area contributed by atoms with E-state index >= 15 is 0 Å². The van der Waals surface area contributed by atoms with Crippen molar-refractivity contribution in [2.45, 2.75) is 37.4 Å². The third kappa shape index (κ3) is 3.67. The number of methoxy groups -OCH3 is 1. The van der Waals surface area contributed by atoms with E-state index in [1.807, 2.05) is 6.07 Å². The molecule has 0 bridgehead atoms. The zero-order valence-corrected chi connectivity index (χ0v) is 17.1. The number of nitrogens with zero attached hydrogens (tertiary/aromatic N) is 4. The third-order valence-electron chi connectivity index (χ3n) is 5.81. The number of halogens is 1. The van der Waals surface area contributed by atoms with Gasteiger partial charge >= 0.3 is 0 Å². The summed E-state index contributed by atoms with van der Waals surface area (Å²) < 4.78 is 21.6. The molecule has 0 radical (unpaired) electrons. The summed E-state index contributed by atoms with van der Waals surface area (Å²) >= 11 is 0. The minimum Gasteiger partial charge on any atom is -0.495 e. The molecule has 0 aromatic carbocycles. The summed E-state index contributed by atoms with van der Waals surface area (Å²) in [6.45, 7) is 1.06. The number of pyridine rings is 1. The maximum Gasteiger partial charge on any atom is 0.252 e. The molecule has 0 spiro atoms. The number of carbonyl (C=O) groups excluding carboxylic acids is 1. The van der Waals surface area contributed by atoms with E-state index in [-0.39, 0.29) is 11.4 Å². The number of aromatic nitrogens is 4. The van der Waals surface area contributed by atoms with Gasteiger partial charge in [0.1, 0.15) is 29.1 Å². The van der Waals surface area contributed by atoms with Crippen molar-refractivity contribution >= 4 is 17.4 Å². The first-order chi connectivity index (χ1) is 15.0. The Balaban J connectivity index is 1.56. The fourth-order valence-electron chi connectivity index (χ4n) is 3.94. The van der Waals surface area contributed by atoms with Crippen molar-refractivity contribution in [3.05, 3.63) is 35.7 Å². The average molecular weight is 425 g/mol. The quantitative estimate of drug-likeness (QED) is 0.552. The lowest BCUT2D eigenvalue weighted by Gasteiger charge is -2.28. The highest BCUT2D eigenvalue weighted by Gasteiger charge is 2.30. The summed E-state index contributed by atoms with van der Waals surface area (Å²) in [5.41, 5.74) is 8.49. The molecule has 1 saturated heterocycles. The number of nitrogens with two attached hydrogens (primary N) is 1. The van der Waals surface area contributed by atoms with Crippen LogP contribution in [0.2, 0.25) is 0 Å². The zero-order valence-electron chi connectivity index (χ0n) is 17.1. The van der Waals surface area contributed by atoms with Gasteiger partial charge in [-0.15, -0.1) is 0 Å². The second-order valence-electron chi connectivity index (χ2n) is 8.00. The predicted octanol–water partition coefficient (Wildman–Crippen LogP) is 1.89. The summed E-state index contributed by atoms with van der Waals surface area (Å²) in [6.07, 6.45) is 3.19. The second kappa shape index (κ2) is 7.77. The Hall–Kier alpha value is -3.27. The van der Waals surface area contributed by atoms with E-state index in [4.69, 9.17) is 15.6 Å². The van der Waals surface area contributed by atoms with Gasteiger partial charge in [0, 0.05) is 18.5 Å². The van der Waals surface area contributed by atoms with Crippen molar-refractivity contribution in [2.75, 3.05) is 25.5 Å². The van der Waals surface area contributed by atoms with Gasteiger partial charge in [-0.1, -0.05) is 0 Å². The molecule has 4 heterocycles. The summed E-state index contributed by atoms with van der Waals surface area (Å²) in [4.78, 5) is 21.0. The number of imidazole rings is 1. The van der Waals surface area contributed by atoms with E-state index in [1.54, 1.807) is 30.0 Å². The van der Waals surface area contributed by atoms with Gasteiger partial charge in [-0.05, 0) is 37.9 Å². The van der Waals surface area contributed by atoms with E-state index in [9.17, 15) is 9.18 Å². The molecular formula is C21H24FN7O2. The minimum absolute atomic E-state index is 0.212. The molecule has 5 rings (SSSR count). The maximum absolute atomic E-state index is 14.4. The summed E-state index contributed by atoms with van der Waals surface area (Å²) in [5, 5.41) is 11.0. The Morgan fingerprint density at radius 1 is 1.35 bits per heavy atom. The normalized spacial score (nSPS) is 21.2. The van der Waals surface area contributed by atoms with Crippen molar-refractivity contribution in [3.63, 3.8) is 0 Å². The molecule has 3 aromatic heterocycles. The van der Waals surface area contributed by atoms with E-state index in [2.05, 4.69) is 20.6 Å². The number of ether oxygens (including phenoxy) is 1. The topological polar surface area (TPSA) is 119 Å². The molecule has 3 aromatic rings. The fourth-order valence-corrected chi connectivity index (χ4v) is 3.94. The van der Waals surface area contributed by atoms with Gasteiger partial charge in [0.2, 0.25) is 0 Å². The standard InChI is InChI=1S/C21H24FN7O2/c1-31-17-8-18-25-10-16(29(18)28-19(17)11-2-3-11)14-5-4-12(20(23)30)21(26-14)27-15-9-24-7-6-13(15)22/h4-5,8,10-11,13,15,24H,2-3,6-7,9H2,1H3,(H2,23,30)(H,26,27)/t13-,15-/m1/s1. The van der Waals surface area contributed by atoms with Crippen LogP contribution in [-0.2, 0) is 0 Å². The van der Waals surface area contributed by atoms with Gasteiger partial charge in [0.25, 0.3) is 5.91 Å². The van der Waals surface area contributed by atoms with E-state index in [0.29, 0.717) is 42.5 Å². The molecule has 2 atom stereocenters. The first kappa shape index (κ1) is 19.7. The molecule has 2 aliphatic rings. The zero-order chi connectivity index (χ0) is 21.5. The first-order valence-electron chi connectivity index (χ1n) is 10.4. The van der Waals surface area contributed by atoms with Crippen molar-refractivity contribution in [3.8, 4) is 17.1 Å². The van der Waals surface area contributed by atoms with Crippen LogP contribution >= 0.6 is 0 Å². The predicted molar refractivity (Wildman–Crippen MR) is 113 cm³/mol. The largest absolute Gasteiger partial charge is 0.495 e. The van der Waals surface area contributed by atoms with Crippen LogP contribution in [-0.4, -0.2) is 57.9 Å². The first-order valence-corrected chi connectivity index (χ1v) is 10.4. The summed E-state index contributed by atoms with van der Waals surface area (Å²) in [7, 11) is 1.63. The molecule has 1 amide bonds. The second-order valence-corrected chi connectivity index (χ2v) is 8.00. The Labute approximate surface area is 178 Å². The number of anilines is 1. The minimum atomic E-state index is -1.04. The van der Waals surface area contributed by atoms with Crippen LogP contribution in [0.1, 0.15) is 41.2 Å². The van der Waals surface area contributed by atoms with Crippen molar-refractivity contribution in [1.29, 1.82) is 0 Å². The Morgan fingerprint density at radius 3 is 2.90 bits per heavy atom. The molecule has 2 fully saturated rings. The number of amides is 1. The van der Waals surface area contributed by atoms with Crippen LogP contribution in [0.3, 0.4) is 0 Å². The number of carbonyl (C=O) groups is 1. The number of alkyl halides is 1. The number of hydrogen-bond acceptors (Lipinski definition) is 7. The van der Waals surface area contributed by atoms with Crippen LogP contribution in [0.4, 0.5) is 10.2 Å². The monoisotopic (exact) mass is 425 g/mol. The highest BCUT2D eigenvalue weighted by atomic mass is 19.1. The summed E-state index contributed by atoms with van der Waals surface area (Å²) in [5.74, 6) is 0.743. The van der Waals surface area contributed by atoms with E-state index in [0.717, 1.165) is 24.3 Å². The van der Waals surface area contributed by atoms with Gasteiger partial charge in [-0.25, -0.2) is 18.9 Å². The Morgan fingerprint density at radius 2 is 2.19 bits per heavy atom. The molecule has 4 N–H and O–H groups in total. The number of nitrogens with one attached hydrogen (secondary N) is 2.